The summed E-state index contributed by atoms with van der Waals surface area (Å²) in [5.74, 6) is -2.44. The van der Waals surface area contributed by atoms with Crippen molar-refractivity contribution in [2.75, 3.05) is 13.1 Å². The minimum absolute atomic E-state index is 0.00462. The number of primary amides is 1. The standard InChI is InChI=1S/C18H23N3O6/c19-16(24)13-6-8-21(9-7-13)17(25)14(10-15(22)23)20-18(26)27-11-12-4-2-1-3-5-12/h1-5,13-14H,6-11H2,(H2,19,24)(H,20,26)(H,22,23). The number of aliphatic carboxylic acids is 1. The van der Waals surface area contributed by atoms with Crippen LogP contribution in [0.3, 0.4) is 0 Å². The predicted molar refractivity (Wildman–Crippen MR) is 94.3 cm³/mol. The summed E-state index contributed by atoms with van der Waals surface area (Å²) in [6.07, 6.45) is -0.598. The van der Waals surface area contributed by atoms with E-state index >= 15 is 0 Å². The average Bonchev–Trinajstić information content (AvgIpc) is 2.66. The van der Waals surface area contributed by atoms with E-state index in [0.29, 0.717) is 12.8 Å². The number of carboxylic acid groups (broad SMARTS) is 1. The molecule has 1 aliphatic heterocycles. The molecular weight excluding hydrogens is 354 g/mol. The first-order chi connectivity index (χ1) is 12.9. The van der Waals surface area contributed by atoms with Crippen LogP contribution in [0.25, 0.3) is 0 Å². The topological polar surface area (TPSA) is 139 Å². The zero-order valence-corrected chi connectivity index (χ0v) is 14.8. The average molecular weight is 377 g/mol. The van der Waals surface area contributed by atoms with Gasteiger partial charge in [0.25, 0.3) is 0 Å². The smallest absolute Gasteiger partial charge is 0.408 e. The Morgan fingerprint density at radius 2 is 1.81 bits per heavy atom. The van der Waals surface area contributed by atoms with Crippen molar-refractivity contribution in [2.45, 2.75) is 31.9 Å². The largest absolute Gasteiger partial charge is 0.481 e. The fourth-order valence-corrected chi connectivity index (χ4v) is 2.89. The number of benzene rings is 1. The van der Waals surface area contributed by atoms with Gasteiger partial charge in [0.05, 0.1) is 6.42 Å². The maximum Gasteiger partial charge on any atom is 0.408 e. The number of nitrogens with zero attached hydrogens (tertiary/aromatic N) is 1. The molecule has 1 aromatic rings. The number of hydrogen-bond donors (Lipinski definition) is 3. The molecule has 146 valence electrons. The first kappa shape index (κ1) is 20.2. The Hall–Kier alpha value is -3.10. The number of ether oxygens (including phenoxy) is 1. The highest BCUT2D eigenvalue weighted by molar-refractivity contribution is 5.89. The Bertz CT molecular complexity index is 686. The van der Waals surface area contributed by atoms with Gasteiger partial charge in [-0.15, -0.1) is 0 Å². The normalized spacial score (nSPS) is 15.6. The summed E-state index contributed by atoms with van der Waals surface area (Å²) >= 11 is 0. The molecule has 3 amide bonds. The highest BCUT2D eigenvalue weighted by Gasteiger charge is 2.32. The maximum atomic E-state index is 12.6. The van der Waals surface area contributed by atoms with E-state index in [1.807, 2.05) is 6.07 Å². The van der Waals surface area contributed by atoms with Crippen LogP contribution in [0.4, 0.5) is 4.79 Å². The third-order valence-corrected chi connectivity index (χ3v) is 4.39. The summed E-state index contributed by atoms with van der Waals surface area (Å²) in [4.78, 5) is 48.3. The van der Waals surface area contributed by atoms with Crippen molar-refractivity contribution in [1.82, 2.24) is 10.2 Å². The SMILES string of the molecule is NC(=O)C1CCN(C(=O)C(CC(=O)O)NC(=O)OCc2ccccc2)CC1. The molecule has 1 heterocycles. The van der Waals surface area contributed by atoms with Gasteiger partial charge in [0, 0.05) is 19.0 Å². The van der Waals surface area contributed by atoms with Gasteiger partial charge in [0.15, 0.2) is 0 Å². The van der Waals surface area contributed by atoms with E-state index in [1.54, 1.807) is 24.3 Å². The van der Waals surface area contributed by atoms with E-state index in [2.05, 4.69) is 5.32 Å². The third-order valence-electron chi connectivity index (χ3n) is 4.39. The van der Waals surface area contributed by atoms with Gasteiger partial charge >= 0.3 is 12.1 Å². The van der Waals surface area contributed by atoms with Gasteiger partial charge < -0.3 is 25.8 Å². The van der Waals surface area contributed by atoms with Crippen LogP contribution in [0.5, 0.6) is 0 Å². The van der Waals surface area contributed by atoms with Crippen molar-refractivity contribution in [1.29, 1.82) is 0 Å². The number of carbonyl (C=O) groups is 4. The fraction of sp³-hybridized carbons (Fsp3) is 0.444. The maximum absolute atomic E-state index is 12.6. The highest BCUT2D eigenvalue weighted by Crippen LogP contribution is 2.18. The van der Waals surface area contributed by atoms with Gasteiger partial charge in [-0.05, 0) is 18.4 Å². The van der Waals surface area contributed by atoms with Crippen molar-refractivity contribution in [3.63, 3.8) is 0 Å². The summed E-state index contributed by atoms with van der Waals surface area (Å²) in [7, 11) is 0. The molecule has 1 saturated heterocycles. The van der Waals surface area contributed by atoms with Crippen molar-refractivity contribution >= 4 is 23.9 Å². The number of piperidine rings is 1. The molecular formula is C18H23N3O6. The number of likely N-dealkylation sites (tertiary alicyclic amines) is 1. The van der Waals surface area contributed by atoms with Crippen LogP contribution in [0, 0.1) is 5.92 Å². The van der Waals surface area contributed by atoms with Gasteiger partial charge in [0.2, 0.25) is 11.8 Å². The Morgan fingerprint density at radius 1 is 1.19 bits per heavy atom. The molecule has 0 aliphatic carbocycles. The lowest BCUT2D eigenvalue weighted by atomic mass is 9.95. The van der Waals surface area contributed by atoms with Crippen LogP contribution in [0.2, 0.25) is 0 Å². The summed E-state index contributed by atoms with van der Waals surface area (Å²) in [5.41, 5.74) is 6.03. The van der Waals surface area contributed by atoms with Crippen molar-refractivity contribution in [3.8, 4) is 0 Å². The van der Waals surface area contributed by atoms with Gasteiger partial charge in [-0.2, -0.15) is 0 Å². The molecule has 0 radical (unpaired) electrons. The summed E-state index contributed by atoms with van der Waals surface area (Å²) in [5, 5.41) is 11.4. The second-order valence-electron chi connectivity index (χ2n) is 6.36. The summed E-state index contributed by atoms with van der Waals surface area (Å²) in [6.45, 7) is 0.567. The number of nitrogens with one attached hydrogen (secondary N) is 1. The monoisotopic (exact) mass is 377 g/mol. The highest BCUT2D eigenvalue weighted by atomic mass is 16.5. The van der Waals surface area contributed by atoms with Crippen LogP contribution in [-0.2, 0) is 25.7 Å². The number of rotatable bonds is 7. The van der Waals surface area contributed by atoms with Crippen molar-refractivity contribution < 1.29 is 29.0 Å². The van der Waals surface area contributed by atoms with E-state index in [0.717, 1.165) is 5.56 Å². The van der Waals surface area contributed by atoms with Gasteiger partial charge in [-0.25, -0.2) is 4.79 Å². The van der Waals surface area contributed by atoms with E-state index in [9.17, 15) is 19.2 Å². The molecule has 1 aromatic carbocycles. The number of carboxylic acids is 1. The molecule has 4 N–H and O–H groups in total. The second kappa shape index (κ2) is 9.56. The van der Waals surface area contributed by atoms with Crippen LogP contribution >= 0.6 is 0 Å². The third kappa shape index (κ3) is 6.28. The molecule has 1 unspecified atom stereocenters. The van der Waals surface area contributed by atoms with Crippen LogP contribution in [0.15, 0.2) is 30.3 Å². The zero-order valence-electron chi connectivity index (χ0n) is 14.8. The van der Waals surface area contributed by atoms with Gasteiger partial charge in [-0.1, -0.05) is 30.3 Å². The molecule has 27 heavy (non-hydrogen) atoms. The first-order valence-electron chi connectivity index (χ1n) is 8.64. The Balaban J connectivity index is 1.91. The quantitative estimate of drug-likeness (QED) is 0.631. The molecule has 1 atom stereocenters. The van der Waals surface area contributed by atoms with E-state index < -0.39 is 36.3 Å². The van der Waals surface area contributed by atoms with Crippen LogP contribution in [0.1, 0.15) is 24.8 Å². The van der Waals surface area contributed by atoms with Crippen LogP contribution in [-0.4, -0.2) is 53.0 Å². The molecule has 1 fully saturated rings. The summed E-state index contributed by atoms with van der Waals surface area (Å²) in [6, 6.07) is 7.72. The van der Waals surface area contributed by atoms with E-state index in [1.165, 1.54) is 4.90 Å². The number of nitrogens with two attached hydrogens (primary N) is 1. The lowest BCUT2D eigenvalue weighted by Gasteiger charge is -2.33. The lowest BCUT2D eigenvalue weighted by Crippen LogP contribution is -2.52. The van der Waals surface area contributed by atoms with Gasteiger partial charge in [-0.3, -0.25) is 14.4 Å². The van der Waals surface area contributed by atoms with Crippen LogP contribution < -0.4 is 11.1 Å². The van der Waals surface area contributed by atoms with E-state index in [4.69, 9.17) is 15.6 Å². The molecule has 0 saturated carbocycles. The summed E-state index contributed by atoms with van der Waals surface area (Å²) < 4.78 is 5.05. The number of carbonyl (C=O) groups excluding carboxylic acids is 3. The minimum Gasteiger partial charge on any atom is -0.481 e. The molecule has 1 aliphatic rings. The predicted octanol–water partition coefficient (Wildman–Crippen LogP) is 0.480. The zero-order chi connectivity index (χ0) is 19.8. The fourth-order valence-electron chi connectivity index (χ4n) is 2.89. The number of hydrogen-bond acceptors (Lipinski definition) is 5. The molecule has 9 nitrogen and oxygen atoms in total. The Labute approximate surface area is 156 Å². The van der Waals surface area contributed by atoms with Crippen molar-refractivity contribution in [2.24, 2.45) is 11.7 Å². The molecule has 9 heteroatoms. The molecule has 2 rings (SSSR count). The van der Waals surface area contributed by atoms with Gasteiger partial charge in [0.1, 0.15) is 12.6 Å². The first-order valence-corrected chi connectivity index (χ1v) is 8.64. The second-order valence-corrected chi connectivity index (χ2v) is 6.36. The lowest BCUT2D eigenvalue weighted by molar-refractivity contribution is -0.143. The number of amides is 3. The Kier molecular flexibility index (Phi) is 7.16. The molecule has 0 spiro atoms. The number of alkyl carbamates (subject to hydrolysis) is 1. The van der Waals surface area contributed by atoms with Crippen molar-refractivity contribution in [3.05, 3.63) is 35.9 Å². The molecule has 0 aromatic heterocycles. The Morgan fingerprint density at radius 3 is 2.37 bits per heavy atom. The molecule has 0 bridgehead atoms. The minimum atomic E-state index is -1.24. The van der Waals surface area contributed by atoms with E-state index in [-0.39, 0.29) is 25.6 Å².